The Hall–Kier alpha value is -2.67. The van der Waals surface area contributed by atoms with E-state index in [0.29, 0.717) is 25.5 Å². The molecule has 0 aliphatic carbocycles. The number of hydrogen-bond acceptors (Lipinski definition) is 4. The number of ether oxygens (including phenoxy) is 2. The molecule has 0 bridgehead atoms. The number of halogens is 2. The lowest BCUT2D eigenvalue weighted by molar-refractivity contribution is 0.0442. The van der Waals surface area contributed by atoms with Gasteiger partial charge < -0.3 is 14.8 Å². The second-order valence-electron chi connectivity index (χ2n) is 8.23. The van der Waals surface area contributed by atoms with E-state index >= 15 is 0 Å². The van der Waals surface area contributed by atoms with Crippen molar-refractivity contribution in [3.8, 4) is 5.75 Å². The maximum absolute atomic E-state index is 14.6. The molecule has 0 spiro atoms. The summed E-state index contributed by atoms with van der Waals surface area (Å²) in [6, 6.07) is 12.6. The maximum atomic E-state index is 14.6. The predicted octanol–water partition coefficient (Wildman–Crippen LogP) is 4.70. The second-order valence-corrected chi connectivity index (χ2v) is 8.23. The van der Waals surface area contributed by atoms with Crippen LogP contribution in [0, 0.1) is 11.7 Å². The topological polar surface area (TPSA) is 50.8 Å². The molecule has 1 amide bonds. The molecule has 1 saturated heterocycles. The molecule has 1 aliphatic rings. The Labute approximate surface area is 182 Å². The van der Waals surface area contributed by atoms with Gasteiger partial charge in [-0.25, -0.2) is 13.6 Å². The summed E-state index contributed by atoms with van der Waals surface area (Å²) in [7, 11) is 0. The number of carbonyl (C=O) groups is 1. The van der Waals surface area contributed by atoms with Crippen molar-refractivity contribution in [2.24, 2.45) is 5.92 Å². The van der Waals surface area contributed by atoms with Crippen molar-refractivity contribution in [1.82, 2.24) is 10.2 Å². The van der Waals surface area contributed by atoms with Crippen molar-refractivity contribution in [3.63, 3.8) is 0 Å². The molecule has 2 atom stereocenters. The van der Waals surface area contributed by atoms with Gasteiger partial charge >= 0.3 is 6.09 Å². The fourth-order valence-corrected chi connectivity index (χ4v) is 3.43. The molecule has 31 heavy (non-hydrogen) atoms. The van der Waals surface area contributed by atoms with E-state index in [1.54, 1.807) is 12.1 Å². The van der Waals surface area contributed by atoms with Crippen LogP contribution in [0.5, 0.6) is 5.75 Å². The van der Waals surface area contributed by atoms with Crippen LogP contribution in [0.4, 0.5) is 13.6 Å². The number of nitrogens with zero attached hydrogens (tertiary/aromatic N) is 1. The highest BCUT2D eigenvalue weighted by molar-refractivity contribution is 5.68. The molecule has 0 unspecified atom stereocenters. The van der Waals surface area contributed by atoms with Crippen molar-refractivity contribution >= 4 is 6.09 Å². The summed E-state index contributed by atoms with van der Waals surface area (Å²) >= 11 is 0. The van der Waals surface area contributed by atoms with Gasteiger partial charge in [0.2, 0.25) is 0 Å². The third-order valence-corrected chi connectivity index (χ3v) is 5.14. The molecule has 0 radical (unpaired) electrons. The number of nitrogens with one attached hydrogen (secondary N) is 1. The first-order valence-corrected chi connectivity index (χ1v) is 10.7. The van der Waals surface area contributed by atoms with E-state index in [-0.39, 0.29) is 25.5 Å². The van der Waals surface area contributed by atoms with Crippen LogP contribution in [0.2, 0.25) is 0 Å². The van der Waals surface area contributed by atoms with E-state index in [2.05, 4.69) is 19.2 Å². The van der Waals surface area contributed by atoms with Gasteiger partial charge in [-0.05, 0) is 54.3 Å². The number of amides is 1. The van der Waals surface area contributed by atoms with E-state index in [9.17, 15) is 13.6 Å². The van der Waals surface area contributed by atoms with E-state index in [1.165, 1.54) is 17.0 Å². The zero-order valence-corrected chi connectivity index (χ0v) is 18.0. The maximum Gasteiger partial charge on any atom is 0.410 e. The third-order valence-electron chi connectivity index (χ3n) is 5.14. The Morgan fingerprint density at radius 1 is 1.13 bits per heavy atom. The molecule has 7 heteroatoms. The Morgan fingerprint density at radius 3 is 2.45 bits per heavy atom. The zero-order chi connectivity index (χ0) is 22.2. The minimum absolute atomic E-state index is 0.0745. The molecule has 1 N–H and O–H groups in total. The average Bonchev–Trinajstić information content (AvgIpc) is 2.77. The molecule has 0 saturated carbocycles. The van der Waals surface area contributed by atoms with Gasteiger partial charge in [-0.2, -0.15) is 0 Å². The largest absolute Gasteiger partial charge is 0.493 e. The van der Waals surface area contributed by atoms with E-state index < -0.39 is 18.3 Å². The predicted molar refractivity (Wildman–Crippen MR) is 115 cm³/mol. The van der Waals surface area contributed by atoms with Crippen molar-refractivity contribution in [2.45, 2.75) is 45.6 Å². The first-order chi connectivity index (χ1) is 14.9. The molecule has 0 aromatic heterocycles. The summed E-state index contributed by atoms with van der Waals surface area (Å²) in [5.74, 6) is 0.836. The monoisotopic (exact) mass is 432 g/mol. The number of rotatable bonds is 8. The molecule has 168 valence electrons. The third kappa shape index (κ3) is 6.92. The highest BCUT2D eigenvalue weighted by Crippen LogP contribution is 2.21. The number of hydrogen-bond donors (Lipinski definition) is 1. The normalized spacial score (nSPS) is 18.6. The van der Waals surface area contributed by atoms with Gasteiger partial charge in [0.1, 0.15) is 24.3 Å². The van der Waals surface area contributed by atoms with Gasteiger partial charge in [0.15, 0.2) is 0 Å². The van der Waals surface area contributed by atoms with Gasteiger partial charge in [0, 0.05) is 13.1 Å². The fraction of sp³-hybridized carbons (Fsp3) is 0.458. The molecule has 2 aromatic carbocycles. The molecule has 5 nitrogen and oxygen atoms in total. The average molecular weight is 433 g/mol. The van der Waals surface area contributed by atoms with Crippen LogP contribution >= 0.6 is 0 Å². The van der Waals surface area contributed by atoms with Gasteiger partial charge in [0.05, 0.1) is 12.6 Å². The van der Waals surface area contributed by atoms with Crippen LogP contribution in [0.1, 0.15) is 31.4 Å². The second kappa shape index (κ2) is 11.1. The number of piperidine rings is 1. The summed E-state index contributed by atoms with van der Waals surface area (Å²) in [5, 5.41) is 2.99. The van der Waals surface area contributed by atoms with Crippen LogP contribution in [-0.2, 0) is 17.9 Å². The standard InChI is InChI=1S/C24H30F2N2O3/c1-17(2)15-30-21-9-5-19(6-10-21)16-31-24(29)28(23-11-12-27-13-22(23)26)14-18-3-7-20(25)8-4-18/h3-10,17,22-23,27H,11-16H2,1-2H3/t22-,23+/m1/s1. The quantitative estimate of drug-likeness (QED) is 0.657. The molecule has 1 heterocycles. The summed E-state index contributed by atoms with van der Waals surface area (Å²) in [6.07, 6.45) is -1.29. The summed E-state index contributed by atoms with van der Waals surface area (Å²) in [6.45, 7) is 5.84. The number of benzene rings is 2. The highest BCUT2D eigenvalue weighted by atomic mass is 19.1. The SMILES string of the molecule is CC(C)COc1ccc(COC(=O)N(Cc2ccc(F)cc2)[C@H]2CCNC[C@H]2F)cc1. The van der Waals surface area contributed by atoms with Crippen molar-refractivity contribution in [2.75, 3.05) is 19.7 Å². The lowest BCUT2D eigenvalue weighted by atomic mass is 10.0. The number of alkyl halides is 1. The van der Waals surface area contributed by atoms with Gasteiger partial charge in [-0.3, -0.25) is 4.90 Å². The lowest BCUT2D eigenvalue weighted by Gasteiger charge is -2.36. The van der Waals surface area contributed by atoms with Crippen LogP contribution in [0.3, 0.4) is 0 Å². The summed E-state index contributed by atoms with van der Waals surface area (Å²) in [4.78, 5) is 14.3. The lowest BCUT2D eigenvalue weighted by Crippen LogP contribution is -2.52. The molecule has 3 rings (SSSR count). The Balaban J connectivity index is 1.64. The summed E-state index contributed by atoms with van der Waals surface area (Å²) < 4.78 is 39.0. The van der Waals surface area contributed by atoms with E-state index in [0.717, 1.165) is 16.9 Å². The molecular weight excluding hydrogens is 402 g/mol. The first kappa shape index (κ1) is 23.0. The van der Waals surface area contributed by atoms with Gasteiger partial charge in [-0.1, -0.05) is 38.1 Å². The molecule has 2 aromatic rings. The molecular formula is C24H30F2N2O3. The smallest absolute Gasteiger partial charge is 0.410 e. The van der Waals surface area contributed by atoms with Crippen molar-refractivity contribution < 1.29 is 23.0 Å². The van der Waals surface area contributed by atoms with E-state index in [4.69, 9.17) is 9.47 Å². The zero-order valence-electron chi connectivity index (χ0n) is 18.0. The molecule has 1 aliphatic heterocycles. The fourth-order valence-electron chi connectivity index (χ4n) is 3.43. The van der Waals surface area contributed by atoms with Crippen LogP contribution in [0.25, 0.3) is 0 Å². The summed E-state index contributed by atoms with van der Waals surface area (Å²) in [5.41, 5.74) is 1.53. The number of carbonyl (C=O) groups excluding carboxylic acids is 1. The Morgan fingerprint density at radius 2 is 1.81 bits per heavy atom. The van der Waals surface area contributed by atoms with Crippen LogP contribution in [0.15, 0.2) is 48.5 Å². The highest BCUT2D eigenvalue weighted by Gasteiger charge is 2.34. The van der Waals surface area contributed by atoms with Gasteiger partial charge in [0.25, 0.3) is 0 Å². The Kier molecular flexibility index (Phi) is 8.23. The van der Waals surface area contributed by atoms with Crippen LogP contribution in [-0.4, -0.2) is 42.9 Å². The Bertz CT molecular complexity index is 828. The van der Waals surface area contributed by atoms with Gasteiger partial charge in [-0.15, -0.1) is 0 Å². The first-order valence-electron chi connectivity index (χ1n) is 10.7. The van der Waals surface area contributed by atoms with Crippen molar-refractivity contribution in [1.29, 1.82) is 0 Å². The van der Waals surface area contributed by atoms with E-state index in [1.807, 2.05) is 24.3 Å². The molecule has 1 fully saturated rings. The minimum atomic E-state index is -1.20. The van der Waals surface area contributed by atoms with Crippen LogP contribution < -0.4 is 10.1 Å². The minimum Gasteiger partial charge on any atom is -0.493 e. The van der Waals surface area contributed by atoms with Crippen molar-refractivity contribution in [3.05, 3.63) is 65.5 Å².